The summed E-state index contributed by atoms with van der Waals surface area (Å²) in [5, 5.41) is 6.90. The zero-order valence-electron chi connectivity index (χ0n) is 15.6. The van der Waals surface area contributed by atoms with E-state index in [9.17, 15) is 4.79 Å². The van der Waals surface area contributed by atoms with Gasteiger partial charge in [-0.15, -0.1) is 0 Å². The number of methoxy groups -OCH3 is 2. The van der Waals surface area contributed by atoms with Crippen LogP contribution in [0, 0.1) is 0 Å². The summed E-state index contributed by atoms with van der Waals surface area (Å²) in [5.74, 6) is 1.62. The van der Waals surface area contributed by atoms with Crippen LogP contribution < -0.4 is 14.8 Å². The smallest absolute Gasteiger partial charge is 0.262 e. The van der Waals surface area contributed by atoms with Crippen LogP contribution in [0.15, 0.2) is 47.0 Å². The van der Waals surface area contributed by atoms with Gasteiger partial charge in [-0.1, -0.05) is 23.4 Å². The Morgan fingerprint density at radius 1 is 1.11 bits per heavy atom. The molecule has 1 aromatic heterocycles. The minimum Gasteiger partial charge on any atom is -0.493 e. The first-order chi connectivity index (χ1) is 13.0. The van der Waals surface area contributed by atoms with Crippen molar-refractivity contribution < 1.29 is 18.8 Å². The third kappa shape index (κ3) is 3.92. The van der Waals surface area contributed by atoms with Gasteiger partial charge in [0, 0.05) is 17.2 Å². The molecule has 0 radical (unpaired) electrons. The molecule has 0 aliphatic carbocycles. The number of ether oxygens (including phenoxy) is 2. The zero-order valence-corrected chi connectivity index (χ0v) is 15.6. The number of carbonyl (C=O) groups excluding carboxylic acids is 1. The first kappa shape index (κ1) is 18.4. The quantitative estimate of drug-likeness (QED) is 0.717. The van der Waals surface area contributed by atoms with E-state index < -0.39 is 0 Å². The average molecular weight is 367 g/mol. The van der Waals surface area contributed by atoms with Gasteiger partial charge in [-0.3, -0.25) is 4.79 Å². The molecule has 0 atom stereocenters. The number of para-hydroxylation sites is 1. The van der Waals surface area contributed by atoms with Crippen molar-refractivity contribution in [3.63, 3.8) is 0 Å². The van der Waals surface area contributed by atoms with E-state index >= 15 is 0 Å². The standard InChI is InChI=1S/C20H21N3O4/c1-12(2)21-19(24)14-8-5-7-13(11-14)18-22-20(27-23-18)15-9-6-10-16(25-3)17(15)26-4/h5-12H,1-4H3,(H,21,24). The molecule has 0 aliphatic heterocycles. The van der Waals surface area contributed by atoms with Crippen molar-refractivity contribution >= 4 is 5.91 Å². The van der Waals surface area contributed by atoms with E-state index in [2.05, 4.69) is 15.5 Å². The number of nitrogens with one attached hydrogen (secondary N) is 1. The molecule has 140 valence electrons. The monoisotopic (exact) mass is 367 g/mol. The predicted molar refractivity (Wildman–Crippen MR) is 101 cm³/mol. The lowest BCUT2D eigenvalue weighted by molar-refractivity contribution is 0.0943. The summed E-state index contributed by atoms with van der Waals surface area (Å²) in [6, 6.07) is 12.6. The molecule has 0 fully saturated rings. The molecular weight excluding hydrogens is 346 g/mol. The van der Waals surface area contributed by atoms with Crippen molar-refractivity contribution in [1.82, 2.24) is 15.5 Å². The molecule has 1 heterocycles. The van der Waals surface area contributed by atoms with Gasteiger partial charge in [0.05, 0.1) is 19.8 Å². The molecule has 3 rings (SSSR count). The van der Waals surface area contributed by atoms with Gasteiger partial charge in [0.2, 0.25) is 5.82 Å². The van der Waals surface area contributed by atoms with E-state index in [0.29, 0.717) is 39.9 Å². The molecule has 7 nitrogen and oxygen atoms in total. The zero-order chi connectivity index (χ0) is 19.4. The highest BCUT2D eigenvalue weighted by Gasteiger charge is 2.18. The Bertz CT molecular complexity index is 950. The summed E-state index contributed by atoms with van der Waals surface area (Å²) in [4.78, 5) is 16.7. The molecule has 0 unspecified atom stereocenters. The Morgan fingerprint density at radius 3 is 2.59 bits per heavy atom. The summed E-state index contributed by atoms with van der Waals surface area (Å²) in [5.41, 5.74) is 1.85. The van der Waals surface area contributed by atoms with Crippen LogP contribution in [0.5, 0.6) is 11.5 Å². The van der Waals surface area contributed by atoms with Crippen molar-refractivity contribution in [3.8, 4) is 34.3 Å². The van der Waals surface area contributed by atoms with Gasteiger partial charge in [-0.25, -0.2) is 0 Å². The lowest BCUT2D eigenvalue weighted by Gasteiger charge is -2.09. The number of nitrogens with zero attached hydrogens (tertiary/aromatic N) is 2. The van der Waals surface area contributed by atoms with Gasteiger partial charge in [-0.2, -0.15) is 4.98 Å². The molecule has 0 saturated carbocycles. The maximum absolute atomic E-state index is 12.2. The summed E-state index contributed by atoms with van der Waals surface area (Å²) in [7, 11) is 3.12. The normalized spacial score (nSPS) is 10.7. The summed E-state index contributed by atoms with van der Waals surface area (Å²) in [6.45, 7) is 3.82. The van der Waals surface area contributed by atoms with E-state index in [1.54, 1.807) is 38.5 Å². The van der Waals surface area contributed by atoms with E-state index in [-0.39, 0.29) is 11.9 Å². The Hall–Kier alpha value is -3.35. The van der Waals surface area contributed by atoms with Crippen LogP contribution >= 0.6 is 0 Å². The van der Waals surface area contributed by atoms with Crippen molar-refractivity contribution in [2.75, 3.05) is 14.2 Å². The Morgan fingerprint density at radius 2 is 1.89 bits per heavy atom. The molecule has 1 N–H and O–H groups in total. The number of benzene rings is 2. The van der Waals surface area contributed by atoms with E-state index in [0.717, 1.165) is 0 Å². The third-order valence-electron chi connectivity index (χ3n) is 3.86. The minimum absolute atomic E-state index is 0.0541. The van der Waals surface area contributed by atoms with Crippen LogP contribution in [-0.4, -0.2) is 36.3 Å². The second kappa shape index (κ2) is 7.90. The highest BCUT2D eigenvalue weighted by Crippen LogP contribution is 2.37. The van der Waals surface area contributed by atoms with Gasteiger partial charge in [-0.05, 0) is 38.1 Å². The minimum atomic E-state index is -0.148. The Labute approximate surface area is 157 Å². The molecule has 0 aliphatic rings. The molecule has 0 spiro atoms. The SMILES string of the molecule is COc1cccc(-c2nc(-c3cccc(C(=O)NC(C)C)c3)no2)c1OC. The van der Waals surface area contributed by atoms with Gasteiger partial charge < -0.3 is 19.3 Å². The second-order valence-electron chi connectivity index (χ2n) is 6.17. The third-order valence-corrected chi connectivity index (χ3v) is 3.86. The van der Waals surface area contributed by atoms with E-state index in [1.807, 2.05) is 32.0 Å². The lowest BCUT2D eigenvalue weighted by Crippen LogP contribution is -2.30. The van der Waals surface area contributed by atoms with Crippen LogP contribution in [0.25, 0.3) is 22.8 Å². The van der Waals surface area contributed by atoms with E-state index in [4.69, 9.17) is 14.0 Å². The van der Waals surface area contributed by atoms with Crippen LogP contribution in [-0.2, 0) is 0 Å². The summed E-state index contributed by atoms with van der Waals surface area (Å²) < 4.78 is 16.1. The highest BCUT2D eigenvalue weighted by atomic mass is 16.5. The Balaban J connectivity index is 1.94. The molecule has 27 heavy (non-hydrogen) atoms. The molecular formula is C20H21N3O4. The molecule has 1 amide bonds. The maximum Gasteiger partial charge on any atom is 0.262 e. The number of rotatable bonds is 6. The first-order valence-electron chi connectivity index (χ1n) is 8.50. The van der Waals surface area contributed by atoms with Crippen LogP contribution in [0.2, 0.25) is 0 Å². The predicted octanol–water partition coefficient (Wildman–Crippen LogP) is 3.56. The maximum atomic E-state index is 12.2. The van der Waals surface area contributed by atoms with Gasteiger partial charge in [0.1, 0.15) is 0 Å². The van der Waals surface area contributed by atoms with Gasteiger partial charge >= 0.3 is 0 Å². The fourth-order valence-electron chi connectivity index (χ4n) is 2.65. The molecule has 3 aromatic rings. The number of hydrogen-bond acceptors (Lipinski definition) is 6. The second-order valence-corrected chi connectivity index (χ2v) is 6.17. The van der Waals surface area contributed by atoms with Crippen molar-refractivity contribution in [3.05, 3.63) is 48.0 Å². The van der Waals surface area contributed by atoms with Gasteiger partial charge in [0.15, 0.2) is 11.5 Å². The summed E-state index contributed by atoms with van der Waals surface area (Å²) >= 11 is 0. The number of hydrogen-bond donors (Lipinski definition) is 1. The average Bonchev–Trinajstić information content (AvgIpc) is 3.17. The fourth-order valence-corrected chi connectivity index (χ4v) is 2.65. The largest absolute Gasteiger partial charge is 0.493 e. The van der Waals surface area contributed by atoms with Crippen molar-refractivity contribution in [2.24, 2.45) is 0 Å². The topological polar surface area (TPSA) is 86.5 Å². The van der Waals surface area contributed by atoms with Crippen LogP contribution in [0.1, 0.15) is 24.2 Å². The number of aromatic nitrogens is 2. The van der Waals surface area contributed by atoms with Crippen LogP contribution in [0.4, 0.5) is 0 Å². The Kier molecular flexibility index (Phi) is 5.40. The highest BCUT2D eigenvalue weighted by molar-refractivity contribution is 5.95. The van der Waals surface area contributed by atoms with Gasteiger partial charge in [0.25, 0.3) is 11.8 Å². The first-order valence-corrected chi connectivity index (χ1v) is 8.50. The van der Waals surface area contributed by atoms with Crippen molar-refractivity contribution in [2.45, 2.75) is 19.9 Å². The van der Waals surface area contributed by atoms with E-state index in [1.165, 1.54) is 0 Å². The van der Waals surface area contributed by atoms with Crippen molar-refractivity contribution in [1.29, 1.82) is 0 Å². The molecule has 2 aromatic carbocycles. The molecule has 7 heteroatoms. The van der Waals surface area contributed by atoms with Crippen LogP contribution in [0.3, 0.4) is 0 Å². The number of carbonyl (C=O) groups is 1. The fraction of sp³-hybridized carbons (Fsp3) is 0.250. The summed E-state index contributed by atoms with van der Waals surface area (Å²) in [6.07, 6.45) is 0. The molecule has 0 saturated heterocycles. The number of amides is 1. The molecule has 0 bridgehead atoms. The lowest BCUT2D eigenvalue weighted by atomic mass is 10.1.